The predicted molar refractivity (Wildman–Crippen MR) is 116 cm³/mol. The number of halogens is 2. The van der Waals surface area contributed by atoms with Crippen LogP contribution in [0.5, 0.6) is 5.75 Å². The van der Waals surface area contributed by atoms with Crippen LogP contribution in [-0.4, -0.2) is 29.0 Å². The van der Waals surface area contributed by atoms with Crippen molar-refractivity contribution in [1.82, 2.24) is 10.0 Å². The minimum Gasteiger partial charge on any atom is -0.598 e. The third kappa shape index (κ3) is 6.02. The second-order valence-corrected chi connectivity index (χ2v) is 10.8. The highest BCUT2D eigenvalue weighted by molar-refractivity contribution is 7.90. The van der Waals surface area contributed by atoms with Gasteiger partial charge in [-0.15, -0.1) is 4.72 Å². The SMILES string of the molecule is C=CCOc1cc(Cl)c(Cl)cc1[C@H](N[S+]([O-])C(C)(C)C)[C@H]1CCNC[C@H]1C. The van der Waals surface area contributed by atoms with Crippen LogP contribution < -0.4 is 14.8 Å². The van der Waals surface area contributed by atoms with Gasteiger partial charge in [0.2, 0.25) is 0 Å². The van der Waals surface area contributed by atoms with Crippen molar-refractivity contribution in [2.45, 2.75) is 44.9 Å². The number of piperidine rings is 1. The summed E-state index contributed by atoms with van der Waals surface area (Å²) in [6.07, 6.45) is 2.66. The Labute approximate surface area is 176 Å². The second kappa shape index (κ2) is 9.86. The van der Waals surface area contributed by atoms with Crippen molar-refractivity contribution in [3.8, 4) is 5.75 Å². The van der Waals surface area contributed by atoms with Crippen molar-refractivity contribution in [3.63, 3.8) is 0 Å². The molecule has 0 saturated carbocycles. The third-order valence-electron chi connectivity index (χ3n) is 4.81. The molecule has 0 radical (unpaired) electrons. The molecule has 1 aliphatic heterocycles. The monoisotopic (exact) mass is 432 g/mol. The molecule has 1 fully saturated rings. The maximum atomic E-state index is 12.9. The zero-order valence-corrected chi connectivity index (χ0v) is 18.8. The number of hydrogen-bond acceptors (Lipinski definition) is 4. The van der Waals surface area contributed by atoms with E-state index in [-0.39, 0.29) is 10.8 Å². The van der Waals surface area contributed by atoms with E-state index in [0.29, 0.717) is 34.2 Å². The highest BCUT2D eigenvalue weighted by atomic mass is 35.5. The Hall–Kier alpha value is -0.430. The molecule has 0 aromatic heterocycles. The van der Waals surface area contributed by atoms with Gasteiger partial charge in [0.15, 0.2) is 0 Å². The van der Waals surface area contributed by atoms with Gasteiger partial charge in [-0.2, -0.15) is 0 Å². The van der Waals surface area contributed by atoms with Gasteiger partial charge in [-0.05, 0) is 58.2 Å². The van der Waals surface area contributed by atoms with Crippen molar-refractivity contribution in [2.24, 2.45) is 11.8 Å². The minimum absolute atomic E-state index is 0.156. The van der Waals surface area contributed by atoms with Crippen LogP contribution in [0, 0.1) is 11.8 Å². The molecule has 1 aromatic carbocycles. The van der Waals surface area contributed by atoms with Crippen LogP contribution in [0.15, 0.2) is 24.8 Å². The number of benzene rings is 1. The van der Waals surface area contributed by atoms with Crippen molar-refractivity contribution in [2.75, 3.05) is 19.7 Å². The summed E-state index contributed by atoms with van der Waals surface area (Å²) >= 11 is 11.3. The molecule has 1 aromatic rings. The first-order chi connectivity index (χ1) is 12.6. The number of hydrogen-bond donors (Lipinski definition) is 2. The highest BCUT2D eigenvalue weighted by Crippen LogP contribution is 2.41. The molecule has 1 heterocycles. The van der Waals surface area contributed by atoms with E-state index in [1.807, 2.05) is 26.8 Å². The molecule has 4 nitrogen and oxygen atoms in total. The van der Waals surface area contributed by atoms with Crippen molar-refractivity contribution in [1.29, 1.82) is 0 Å². The molecule has 1 aliphatic rings. The molecule has 1 saturated heterocycles. The summed E-state index contributed by atoms with van der Waals surface area (Å²) < 4.78 is 21.8. The standard InChI is InChI=1S/C20H30Cl2N2O2S/c1-6-9-26-18-11-17(22)16(21)10-15(18)19(24-27(25)20(3,4)5)14-7-8-23-12-13(14)2/h6,10-11,13-14,19,23-24H,1,7-9,12H2,2-5H3/t13-,14+,19-,27?/m1/s1. The summed E-state index contributed by atoms with van der Waals surface area (Å²) in [5.41, 5.74) is 0.891. The summed E-state index contributed by atoms with van der Waals surface area (Å²) in [5, 5.41) is 4.33. The van der Waals surface area contributed by atoms with Crippen LogP contribution in [0.1, 0.15) is 45.7 Å². The van der Waals surface area contributed by atoms with E-state index in [1.54, 1.807) is 12.1 Å². The van der Waals surface area contributed by atoms with Crippen molar-refractivity contribution in [3.05, 3.63) is 40.4 Å². The Kier molecular flexibility index (Phi) is 8.34. The van der Waals surface area contributed by atoms with Gasteiger partial charge in [0, 0.05) is 23.0 Å². The average molecular weight is 433 g/mol. The fraction of sp³-hybridized carbons (Fsp3) is 0.600. The summed E-state index contributed by atoms with van der Waals surface area (Å²) in [4.78, 5) is 0. The lowest BCUT2D eigenvalue weighted by Gasteiger charge is -2.38. The van der Waals surface area contributed by atoms with Gasteiger partial charge in [-0.1, -0.05) is 42.8 Å². The Bertz CT molecular complexity index is 652. The number of nitrogens with one attached hydrogen (secondary N) is 2. The zero-order valence-electron chi connectivity index (χ0n) is 16.5. The Morgan fingerprint density at radius 2 is 2.07 bits per heavy atom. The second-order valence-electron chi connectivity index (χ2n) is 8.01. The van der Waals surface area contributed by atoms with Gasteiger partial charge >= 0.3 is 0 Å². The van der Waals surface area contributed by atoms with E-state index in [4.69, 9.17) is 27.9 Å². The van der Waals surface area contributed by atoms with Gasteiger partial charge in [0.05, 0.1) is 16.1 Å². The van der Waals surface area contributed by atoms with Gasteiger partial charge in [0.1, 0.15) is 17.1 Å². The lowest BCUT2D eigenvalue weighted by molar-refractivity contribution is 0.219. The first-order valence-corrected chi connectivity index (χ1v) is 11.2. The van der Waals surface area contributed by atoms with E-state index in [1.165, 1.54) is 0 Å². The van der Waals surface area contributed by atoms with E-state index < -0.39 is 11.4 Å². The Balaban J connectivity index is 2.48. The highest BCUT2D eigenvalue weighted by Gasteiger charge is 2.38. The molecule has 0 spiro atoms. The fourth-order valence-corrected chi connectivity index (χ4v) is 4.48. The molecule has 27 heavy (non-hydrogen) atoms. The minimum atomic E-state index is -1.23. The van der Waals surface area contributed by atoms with E-state index in [0.717, 1.165) is 25.1 Å². The van der Waals surface area contributed by atoms with Gasteiger partial charge in [0.25, 0.3) is 0 Å². The Morgan fingerprint density at radius 3 is 2.67 bits per heavy atom. The van der Waals surface area contributed by atoms with Gasteiger partial charge in [-0.25, -0.2) is 0 Å². The summed E-state index contributed by atoms with van der Waals surface area (Å²) in [5.74, 6) is 1.36. The van der Waals surface area contributed by atoms with Crippen LogP contribution in [0.2, 0.25) is 10.0 Å². The molecule has 152 valence electrons. The van der Waals surface area contributed by atoms with Crippen LogP contribution in [-0.2, 0) is 11.4 Å². The van der Waals surface area contributed by atoms with E-state index in [9.17, 15) is 4.55 Å². The maximum Gasteiger partial charge on any atom is 0.136 e. The molecule has 0 bridgehead atoms. The third-order valence-corrected chi connectivity index (χ3v) is 7.12. The molecular formula is C20H30Cl2N2O2S. The molecule has 2 rings (SSSR count). The first kappa shape index (κ1) is 22.9. The number of ether oxygens (including phenoxy) is 1. The quantitative estimate of drug-likeness (QED) is 0.475. The van der Waals surface area contributed by atoms with Gasteiger partial charge < -0.3 is 14.6 Å². The van der Waals surface area contributed by atoms with Gasteiger partial charge in [-0.3, -0.25) is 0 Å². The van der Waals surface area contributed by atoms with E-state index >= 15 is 0 Å². The molecular weight excluding hydrogens is 403 g/mol. The largest absolute Gasteiger partial charge is 0.598 e. The summed E-state index contributed by atoms with van der Waals surface area (Å²) in [6.45, 7) is 14.0. The number of rotatable bonds is 7. The molecule has 7 heteroatoms. The average Bonchev–Trinajstić information content (AvgIpc) is 2.60. The first-order valence-electron chi connectivity index (χ1n) is 9.26. The zero-order chi connectivity index (χ0) is 20.2. The fourth-order valence-electron chi connectivity index (χ4n) is 3.26. The maximum absolute atomic E-state index is 12.9. The normalized spacial score (nSPS) is 22.9. The molecule has 0 amide bonds. The topological polar surface area (TPSA) is 56.3 Å². The molecule has 0 aliphatic carbocycles. The molecule has 1 unspecified atom stereocenters. The smallest absolute Gasteiger partial charge is 0.136 e. The van der Waals surface area contributed by atoms with Crippen LogP contribution in [0.4, 0.5) is 0 Å². The van der Waals surface area contributed by atoms with Crippen molar-refractivity contribution >= 4 is 34.6 Å². The van der Waals surface area contributed by atoms with Crippen LogP contribution in [0.3, 0.4) is 0 Å². The summed E-state index contributed by atoms with van der Waals surface area (Å²) in [6, 6.07) is 3.43. The lowest BCUT2D eigenvalue weighted by atomic mass is 9.79. The van der Waals surface area contributed by atoms with Crippen molar-refractivity contribution < 1.29 is 9.29 Å². The predicted octanol–water partition coefficient (Wildman–Crippen LogP) is 4.90. The molecule has 2 N–H and O–H groups in total. The van der Waals surface area contributed by atoms with E-state index in [2.05, 4.69) is 23.5 Å². The summed E-state index contributed by atoms with van der Waals surface area (Å²) in [7, 11) is 0. The van der Waals surface area contributed by atoms with Crippen LogP contribution in [0.25, 0.3) is 0 Å². The van der Waals surface area contributed by atoms with Crippen LogP contribution >= 0.6 is 23.2 Å². The molecule has 4 atom stereocenters. The Morgan fingerprint density at radius 1 is 1.41 bits per heavy atom. The lowest BCUT2D eigenvalue weighted by Crippen LogP contribution is -2.47.